The molecule has 84 valence electrons. The molecule has 0 aromatic rings. The minimum atomic E-state index is 0.168. The minimum absolute atomic E-state index is 0.168. The lowest BCUT2D eigenvalue weighted by Crippen LogP contribution is -2.55. The van der Waals surface area contributed by atoms with Crippen molar-refractivity contribution in [1.29, 1.82) is 0 Å². The molecule has 1 rings (SSSR count). The molecule has 0 radical (unpaired) electrons. The van der Waals surface area contributed by atoms with Gasteiger partial charge in [0.2, 0.25) is 5.91 Å². The van der Waals surface area contributed by atoms with E-state index in [1.54, 1.807) is 0 Å². The van der Waals surface area contributed by atoms with Crippen LogP contribution < -0.4 is 5.32 Å². The van der Waals surface area contributed by atoms with Crippen molar-refractivity contribution in [2.45, 2.75) is 40.7 Å². The minimum Gasteiger partial charge on any atom is -0.351 e. The zero-order chi connectivity index (χ0) is 11.1. The van der Waals surface area contributed by atoms with Crippen molar-refractivity contribution >= 4 is 5.91 Å². The largest absolute Gasteiger partial charge is 0.351 e. The lowest BCUT2D eigenvalue weighted by Gasteiger charge is -2.34. The number of carbonyl (C=O) groups excluding carboxylic acids is 1. The van der Waals surface area contributed by atoms with E-state index in [1.807, 2.05) is 13.8 Å². The number of amides is 1. The summed E-state index contributed by atoms with van der Waals surface area (Å²) in [6.07, 6.45) is 0. The summed E-state index contributed by atoms with van der Waals surface area (Å²) in [6, 6.07) is 0.339. The molecule has 14 heavy (non-hydrogen) atoms. The predicted octanol–water partition coefficient (Wildman–Crippen LogP) is 1.49. The second-order valence-electron chi connectivity index (χ2n) is 3.75. The summed E-state index contributed by atoms with van der Waals surface area (Å²) in [6.45, 7) is 12.9. The fourth-order valence-corrected chi connectivity index (χ4v) is 1.46. The molecular formula is C11H24N2O. The van der Waals surface area contributed by atoms with Crippen molar-refractivity contribution in [1.82, 2.24) is 10.2 Å². The van der Waals surface area contributed by atoms with Crippen LogP contribution in [0.1, 0.15) is 34.6 Å². The normalized spacial score (nSPS) is 22.7. The zero-order valence-corrected chi connectivity index (χ0v) is 10.1. The molecule has 1 amide bonds. The third-order valence-electron chi connectivity index (χ3n) is 2.42. The number of nitrogens with zero attached hydrogens (tertiary/aromatic N) is 1. The number of carbonyl (C=O) groups is 1. The maximum atomic E-state index is 11.2. The number of hydrogen-bond donors (Lipinski definition) is 1. The molecule has 0 spiro atoms. The summed E-state index contributed by atoms with van der Waals surface area (Å²) in [5.74, 6) is 0.699. The Labute approximate surface area is 87.9 Å². The number of nitrogens with one attached hydrogen (secondary N) is 1. The first kappa shape index (κ1) is 13.4. The van der Waals surface area contributed by atoms with Crippen molar-refractivity contribution in [2.75, 3.05) is 19.6 Å². The molecule has 0 saturated carbocycles. The number of likely N-dealkylation sites (N-methyl/N-ethyl adjacent to an activating group) is 1. The van der Waals surface area contributed by atoms with E-state index < -0.39 is 0 Å². The maximum absolute atomic E-state index is 11.2. The molecule has 0 aliphatic carbocycles. The smallest absolute Gasteiger partial charge is 0.234 e. The molecule has 1 atom stereocenters. The average Bonchev–Trinajstić information content (AvgIpc) is 2.20. The second kappa shape index (κ2) is 6.82. The van der Waals surface area contributed by atoms with Crippen LogP contribution in [0.15, 0.2) is 0 Å². The van der Waals surface area contributed by atoms with Crippen LogP contribution in [0.3, 0.4) is 0 Å². The summed E-state index contributed by atoms with van der Waals surface area (Å²) in [5.41, 5.74) is 0. The van der Waals surface area contributed by atoms with Gasteiger partial charge in [-0.3, -0.25) is 9.69 Å². The molecule has 1 unspecified atom stereocenters. The topological polar surface area (TPSA) is 32.3 Å². The highest BCUT2D eigenvalue weighted by Gasteiger charge is 2.25. The van der Waals surface area contributed by atoms with Gasteiger partial charge in [-0.1, -0.05) is 34.6 Å². The Morgan fingerprint density at radius 3 is 2.50 bits per heavy atom. The Kier molecular flexibility index (Phi) is 6.54. The molecular weight excluding hydrogens is 176 g/mol. The highest BCUT2D eigenvalue weighted by molar-refractivity contribution is 5.79. The Morgan fingerprint density at radius 1 is 1.50 bits per heavy atom. The summed E-state index contributed by atoms with van der Waals surface area (Å²) in [5, 5.41) is 3.00. The second-order valence-corrected chi connectivity index (χ2v) is 3.75. The van der Waals surface area contributed by atoms with Gasteiger partial charge in [0.25, 0.3) is 0 Å². The highest BCUT2D eigenvalue weighted by atomic mass is 16.2. The maximum Gasteiger partial charge on any atom is 0.234 e. The first-order valence-electron chi connectivity index (χ1n) is 5.65. The molecule has 3 nitrogen and oxygen atoms in total. The van der Waals surface area contributed by atoms with E-state index in [0.29, 0.717) is 18.5 Å². The van der Waals surface area contributed by atoms with Crippen LogP contribution in [-0.4, -0.2) is 36.5 Å². The molecule has 1 saturated heterocycles. The van der Waals surface area contributed by atoms with Crippen LogP contribution in [0.2, 0.25) is 0 Å². The molecule has 0 aromatic heterocycles. The van der Waals surface area contributed by atoms with Crippen LogP contribution >= 0.6 is 0 Å². The van der Waals surface area contributed by atoms with Crippen molar-refractivity contribution in [3.05, 3.63) is 0 Å². The third-order valence-corrected chi connectivity index (χ3v) is 2.42. The van der Waals surface area contributed by atoms with Gasteiger partial charge in [0.05, 0.1) is 6.54 Å². The number of hydrogen-bond acceptors (Lipinski definition) is 2. The van der Waals surface area contributed by atoms with E-state index in [2.05, 4.69) is 31.0 Å². The zero-order valence-electron chi connectivity index (χ0n) is 10.1. The molecule has 1 aliphatic rings. The summed E-state index contributed by atoms with van der Waals surface area (Å²) < 4.78 is 0. The number of rotatable bonds is 2. The van der Waals surface area contributed by atoms with Crippen LogP contribution in [-0.2, 0) is 4.79 Å². The summed E-state index contributed by atoms with van der Waals surface area (Å²) in [4.78, 5) is 13.4. The van der Waals surface area contributed by atoms with E-state index in [-0.39, 0.29) is 5.91 Å². The first-order valence-corrected chi connectivity index (χ1v) is 5.65. The van der Waals surface area contributed by atoms with Crippen molar-refractivity contribution < 1.29 is 4.79 Å². The highest BCUT2D eigenvalue weighted by Crippen LogP contribution is 2.07. The molecule has 3 heteroatoms. The van der Waals surface area contributed by atoms with Crippen molar-refractivity contribution in [3.63, 3.8) is 0 Å². The summed E-state index contributed by atoms with van der Waals surface area (Å²) >= 11 is 0. The fourth-order valence-electron chi connectivity index (χ4n) is 1.46. The van der Waals surface area contributed by atoms with Crippen LogP contribution in [0.25, 0.3) is 0 Å². The van der Waals surface area contributed by atoms with E-state index >= 15 is 0 Å². The SMILES string of the molecule is CC.CCN1CC(=O)NC(C(C)C)C1. The van der Waals surface area contributed by atoms with E-state index in [1.165, 1.54) is 0 Å². The van der Waals surface area contributed by atoms with Gasteiger partial charge >= 0.3 is 0 Å². The first-order chi connectivity index (χ1) is 6.63. The van der Waals surface area contributed by atoms with Crippen molar-refractivity contribution in [3.8, 4) is 0 Å². The van der Waals surface area contributed by atoms with Crippen LogP contribution in [0, 0.1) is 5.92 Å². The Morgan fingerprint density at radius 2 is 2.07 bits per heavy atom. The van der Waals surface area contributed by atoms with Gasteiger partial charge < -0.3 is 5.32 Å². The summed E-state index contributed by atoms with van der Waals surface area (Å²) in [7, 11) is 0. The molecule has 1 aliphatic heterocycles. The van der Waals surface area contributed by atoms with E-state index in [9.17, 15) is 4.79 Å². The van der Waals surface area contributed by atoms with Gasteiger partial charge in [0, 0.05) is 12.6 Å². The van der Waals surface area contributed by atoms with Crippen LogP contribution in [0.4, 0.5) is 0 Å². The Hall–Kier alpha value is -0.570. The van der Waals surface area contributed by atoms with Gasteiger partial charge in [0.1, 0.15) is 0 Å². The quantitative estimate of drug-likeness (QED) is 0.732. The molecule has 0 aromatic carbocycles. The molecule has 0 bridgehead atoms. The number of piperazine rings is 1. The standard InChI is InChI=1S/C9H18N2O.C2H6/c1-4-11-5-8(7(2)3)10-9(12)6-11;1-2/h7-8H,4-6H2,1-3H3,(H,10,12);1-2H3. The molecule has 1 N–H and O–H groups in total. The van der Waals surface area contributed by atoms with Gasteiger partial charge in [-0.2, -0.15) is 0 Å². The van der Waals surface area contributed by atoms with Gasteiger partial charge in [-0.15, -0.1) is 0 Å². The average molecular weight is 200 g/mol. The lowest BCUT2D eigenvalue weighted by atomic mass is 10.0. The van der Waals surface area contributed by atoms with E-state index in [4.69, 9.17) is 0 Å². The predicted molar refractivity (Wildman–Crippen MR) is 60.2 cm³/mol. The molecule has 1 heterocycles. The van der Waals surface area contributed by atoms with Gasteiger partial charge in [0.15, 0.2) is 0 Å². The van der Waals surface area contributed by atoms with Crippen LogP contribution in [0.5, 0.6) is 0 Å². The lowest BCUT2D eigenvalue weighted by molar-refractivity contribution is -0.126. The monoisotopic (exact) mass is 200 g/mol. The molecule has 1 fully saturated rings. The Balaban J connectivity index is 0.000000791. The fraction of sp³-hybridized carbons (Fsp3) is 0.909. The Bertz CT molecular complexity index is 169. The van der Waals surface area contributed by atoms with Gasteiger partial charge in [-0.05, 0) is 12.5 Å². The van der Waals surface area contributed by atoms with E-state index in [0.717, 1.165) is 13.1 Å². The van der Waals surface area contributed by atoms with Gasteiger partial charge in [-0.25, -0.2) is 0 Å². The van der Waals surface area contributed by atoms with Crippen molar-refractivity contribution in [2.24, 2.45) is 5.92 Å². The third kappa shape index (κ3) is 4.09.